The van der Waals surface area contributed by atoms with Gasteiger partial charge in [0.2, 0.25) is 0 Å². The first-order chi connectivity index (χ1) is 11.2. The molecule has 0 saturated carbocycles. The van der Waals surface area contributed by atoms with Crippen molar-refractivity contribution in [2.45, 2.75) is 20.8 Å². The van der Waals surface area contributed by atoms with Crippen LogP contribution in [0.1, 0.15) is 26.3 Å². The molecule has 0 bridgehead atoms. The Hall–Kier alpha value is -2.20. The number of hydrogen-bond donors (Lipinski definition) is 1. The second-order valence-corrected chi connectivity index (χ2v) is 5.15. The summed E-state index contributed by atoms with van der Waals surface area (Å²) >= 11 is 5.42. The molecular formula is C19H25N3S. The van der Waals surface area contributed by atoms with Crippen LogP contribution in [0, 0.1) is 0 Å². The lowest BCUT2D eigenvalue weighted by molar-refractivity contribution is 0.467. The molecule has 0 unspecified atom stereocenters. The van der Waals surface area contributed by atoms with Gasteiger partial charge in [0.1, 0.15) is 5.84 Å². The third-order valence-electron chi connectivity index (χ3n) is 3.20. The van der Waals surface area contributed by atoms with Gasteiger partial charge in [-0.05, 0) is 45.1 Å². The molecule has 1 aromatic carbocycles. The zero-order valence-electron chi connectivity index (χ0n) is 14.1. The van der Waals surface area contributed by atoms with Gasteiger partial charge in [-0.15, -0.1) is 0 Å². The van der Waals surface area contributed by atoms with Gasteiger partial charge in [-0.1, -0.05) is 49.1 Å². The standard InChI is InChI=1S/C19H25N3S/c1-5-12-17(13-6-2)20-19(23)21-18(22(7-3)8-4)16-14-10-9-11-15-16/h5-6,9-15H,1,7-8H2,2-4H3,(H,20,23)/b13-6-,17-12+,21-18+. The van der Waals surface area contributed by atoms with E-state index >= 15 is 0 Å². The van der Waals surface area contributed by atoms with E-state index in [1.807, 2.05) is 55.5 Å². The van der Waals surface area contributed by atoms with Crippen LogP contribution in [0.5, 0.6) is 0 Å². The van der Waals surface area contributed by atoms with Crippen molar-refractivity contribution in [1.29, 1.82) is 0 Å². The molecule has 3 nitrogen and oxygen atoms in total. The molecule has 0 atom stereocenters. The molecule has 0 aliphatic rings. The normalized spacial score (nSPS) is 12.3. The van der Waals surface area contributed by atoms with E-state index in [4.69, 9.17) is 12.2 Å². The molecule has 1 aromatic rings. The molecular weight excluding hydrogens is 302 g/mol. The minimum Gasteiger partial charge on any atom is -0.357 e. The van der Waals surface area contributed by atoms with Gasteiger partial charge >= 0.3 is 0 Å². The lowest BCUT2D eigenvalue weighted by atomic mass is 10.2. The van der Waals surface area contributed by atoms with E-state index in [9.17, 15) is 0 Å². The Bertz CT molecular complexity index is 596. The fourth-order valence-electron chi connectivity index (χ4n) is 2.12. The van der Waals surface area contributed by atoms with Gasteiger partial charge in [0, 0.05) is 24.4 Å². The highest BCUT2D eigenvalue weighted by Gasteiger charge is 2.11. The number of hydrogen-bond acceptors (Lipinski definition) is 1. The minimum absolute atomic E-state index is 0.432. The molecule has 1 rings (SSSR count). The zero-order valence-corrected chi connectivity index (χ0v) is 14.9. The average Bonchev–Trinajstić information content (AvgIpc) is 2.56. The van der Waals surface area contributed by atoms with Gasteiger partial charge in [-0.3, -0.25) is 0 Å². The van der Waals surface area contributed by atoms with E-state index in [2.05, 4.69) is 35.6 Å². The van der Waals surface area contributed by atoms with Crippen LogP contribution in [0.15, 0.2) is 71.9 Å². The second-order valence-electron chi connectivity index (χ2n) is 4.76. The van der Waals surface area contributed by atoms with E-state index in [0.717, 1.165) is 30.2 Å². The molecule has 0 heterocycles. The summed E-state index contributed by atoms with van der Waals surface area (Å²) in [5.41, 5.74) is 1.92. The summed E-state index contributed by atoms with van der Waals surface area (Å²) in [5, 5.41) is 3.57. The maximum atomic E-state index is 5.42. The first-order valence-electron chi connectivity index (χ1n) is 7.81. The van der Waals surface area contributed by atoms with Crippen LogP contribution < -0.4 is 5.32 Å². The summed E-state index contributed by atoms with van der Waals surface area (Å²) in [4.78, 5) is 6.84. The number of benzene rings is 1. The lowest BCUT2D eigenvalue weighted by Gasteiger charge is -2.23. The number of rotatable bonds is 6. The van der Waals surface area contributed by atoms with Gasteiger partial charge in [0.25, 0.3) is 0 Å². The Morgan fingerprint density at radius 3 is 2.43 bits per heavy atom. The molecule has 0 spiro atoms. The number of aliphatic imine (C=N–C) groups is 1. The summed E-state index contributed by atoms with van der Waals surface area (Å²) in [6.07, 6.45) is 7.46. The number of allylic oxidation sites excluding steroid dienone is 4. The average molecular weight is 327 g/mol. The Morgan fingerprint density at radius 2 is 1.91 bits per heavy atom. The van der Waals surface area contributed by atoms with Crippen LogP contribution in [0.4, 0.5) is 0 Å². The van der Waals surface area contributed by atoms with Crippen molar-refractivity contribution < 1.29 is 0 Å². The van der Waals surface area contributed by atoms with E-state index < -0.39 is 0 Å². The van der Waals surface area contributed by atoms with Gasteiger partial charge in [0.05, 0.1) is 0 Å². The van der Waals surface area contributed by atoms with Crippen LogP contribution in [0.3, 0.4) is 0 Å². The summed E-state index contributed by atoms with van der Waals surface area (Å²) in [6.45, 7) is 11.6. The molecule has 0 radical (unpaired) electrons. The van der Waals surface area contributed by atoms with Gasteiger partial charge in [0.15, 0.2) is 5.11 Å². The maximum absolute atomic E-state index is 5.42. The number of amidine groups is 1. The van der Waals surface area contributed by atoms with E-state index in [1.165, 1.54) is 0 Å². The highest BCUT2D eigenvalue weighted by molar-refractivity contribution is 7.80. The molecule has 4 heteroatoms. The van der Waals surface area contributed by atoms with Crippen LogP contribution in [-0.2, 0) is 0 Å². The zero-order chi connectivity index (χ0) is 17.1. The fraction of sp³-hybridized carbons (Fsp3) is 0.263. The molecule has 0 aliphatic heterocycles. The Morgan fingerprint density at radius 1 is 1.26 bits per heavy atom. The molecule has 0 amide bonds. The maximum Gasteiger partial charge on any atom is 0.199 e. The highest BCUT2D eigenvalue weighted by atomic mass is 32.1. The van der Waals surface area contributed by atoms with Crippen molar-refractivity contribution in [2.24, 2.45) is 4.99 Å². The van der Waals surface area contributed by atoms with Gasteiger partial charge < -0.3 is 10.2 Å². The van der Waals surface area contributed by atoms with E-state index in [0.29, 0.717) is 5.11 Å². The molecule has 0 aliphatic carbocycles. The highest BCUT2D eigenvalue weighted by Crippen LogP contribution is 2.07. The molecule has 1 N–H and O–H groups in total. The summed E-state index contributed by atoms with van der Waals surface area (Å²) in [7, 11) is 0. The van der Waals surface area contributed by atoms with Crippen LogP contribution in [0.2, 0.25) is 0 Å². The third kappa shape index (κ3) is 6.20. The van der Waals surface area contributed by atoms with Gasteiger partial charge in [-0.2, -0.15) is 0 Å². The van der Waals surface area contributed by atoms with Crippen molar-refractivity contribution in [3.63, 3.8) is 0 Å². The van der Waals surface area contributed by atoms with Crippen molar-refractivity contribution in [3.8, 4) is 0 Å². The Kier molecular flexibility index (Phi) is 8.62. The predicted molar refractivity (Wildman–Crippen MR) is 105 cm³/mol. The number of thiocarbonyl (C=S) groups is 1. The predicted octanol–water partition coefficient (Wildman–Crippen LogP) is 4.30. The van der Waals surface area contributed by atoms with Gasteiger partial charge in [-0.25, -0.2) is 4.99 Å². The van der Waals surface area contributed by atoms with Crippen LogP contribution >= 0.6 is 12.2 Å². The van der Waals surface area contributed by atoms with Crippen molar-refractivity contribution in [3.05, 3.63) is 72.5 Å². The lowest BCUT2D eigenvalue weighted by Crippen LogP contribution is -2.33. The van der Waals surface area contributed by atoms with Crippen molar-refractivity contribution in [1.82, 2.24) is 10.2 Å². The molecule has 23 heavy (non-hydrogen) atoms. The third-order valence-corrected chi connectivity index (χ3v) is 3.39. The first-order valence-corrected chi connectivity index (χ1v) is 8.22. The minimum atomic E-state index is 0.432. The number of nitrogens with one attached hydrogen (secondary N) is 1. The number of nitrogens with zero attached hydrogens (tertiary/aromatic N) is 2. The molecule has 0 saturated heterocycles. The largest absolute Gasteiger partial charge is 0.357 e. The topological polar surface area (TPSA) is 27.6 Å². The van der Waals surface area contributed by atoms with Crippen molar-refractivity contribution >= 4 is 23.2 Å². The Balaban J connectivity index is 3.11. The quantitative estimate of drug-likeness (QED) is 0.365. The SMILES string of the molecule is C=C/C=C(\C=C/C)NC(=S)/N=C(\c1ccccc1)N(CC)CC. The van der Waals surface area contributed by atoms with E-state index in [-0.39, 0.29) is 0 Å². The smallest absolute Gasteiger partial charge is 0.199 e. The Labute approximate surface area is 145 Å². The fourth-order valence-corrected chi connectivity index (χ4v) is 2.33. The summed E-state index contributed by atoms with van der Waals surface area (Å²) in [5.74, 6) is 0.881. The van der Waals surface area contributed by atoms with Crippen LogP contribution in [-0.4, -0.2) is 28.9 Å². The van der Waals surface area contributed by atoms with Crippen LogP contribution in [0.25, 0.3) is 0 Å². The summed E-state index contributed by atoms with van der Waals surface area (Å²) in [6, 6.07) is 10.1. The monoisotopic (exact) mass is 327 g/mol. The molecule has 122 valence electrons. The molecule has 0 fully saturated rings. The summed E-state index contributed by atoms with van der Waals surface area (Å²) < 4.78 is 0. The first kappa shape index (κ1) is 18.8. The van der Waals surface area contributed by atoms with Crippen molar-refractivity contribution in [2.75, 3.05) is 13.1 Å². The van der Waals surface area contributed by atoms with E-state index in [1.54, 1.807) is 6.08 Å². The second kappa shape index (κ2) is 10.5. The molecule has 0 aromatic heterocycles.